The Morgan fingerprint density at radius 1 is 1.31 bits per heavy atom. The molecule has 16 heavy (non-hydrogen) atoms. The maximum Gasteiger partial charge on any atom is 0.0802 e. The van der Waals surface area contributed by atoms with E-state index in [1.807, 2.05) is 37.3 Å². The average Bonchev–Trinajstić information content (AvgIpc) is 2.28. The van der Waals surface area contributed by atoms with Crippen LogP contribution in [0.4, 0.5) is 0 Å². The fourth-order valence-corrected chi connectivity index (χ4v) is 1.78. The van der Waals surface area contributed by atoms with Gasteiger partial charge in [-0.25, -0.2) is 0 Å². The van der Waals surface area contributed by atoms with Gasteiger partial charge in [0.25, 0.3) is 0 Å². The van der Waals surface area contributed by atoms with Crippen LogP contribution in [0.25, 0.3) is 10.9 Å². The molecule has 0 aliphatic heterocycles. The summed E-state index contributed by atoms with van der Waals surface area (Å²) in [5, 5.41) is 10.9. The fraction of sp³-hybridized carbons (Fsp3) is 0.308. The minimum absolute atomic E-state index is 0.476. The molecule has 0 spiro atoms. The van der Waals surface area contributed by atoms with Crippen molar-refractivity contribution in [3.63, 3.8) is 0 Å². The van der Waals surface area contributed by atoms with E-state index < -0.39 is 6.10 Å². The van der Waals surface area contributed by atoms with Crippen LogP contribution in [0.1, 0.15) is 23.8 Å². The number of nitrogens with two attached hydrogens (primary N) is 1. The van der Waals surface area contributed by atoms with E-state index in [0.29, 0.717) is 13.0 Å². The van der Waals surface area contributed by atoms with E-state index >= 15 is 0 Å². The zero-order valence-corrected chi connectivity index (χ0v) is 9.35. The molecule has 3 N–H and O–H groups in total. The second-order valence-corrected chi connectivity index (χ2v) is 4.00. The largest absolute Gasteiger partial charge is 0.388 e. The minimum Gasteiger partial charge on any atom is -0.388 e. The van der Waals surface area contributed by atoms with Crippen molar-refractivity contribution in [3.8, 4) is 0 Å². The van der Waals surface area contributed by atoms with E-state index in [9.17, 15) is 5.11 Å². The predicted octanol–water partition coefficient (Wildman–Crippen LogP) is 1.93. The van der Waals surface area contributed by atoms with Crippen LogP contribution >= 0.6 is 0 Å². The Morgan fingerprint density at radius 3 is 2.88 bits per heavy atom. The molecule has 0 saturated heterocycles. The van der Waals surface area contributed by atoms with Crippen molar-refractivity contribution >= 4 is 10.9 Å². The Bertz CT molecular complexity index is 496. The summed E-state index contributed by atoms with van der Waals surface area (Å²) < 4.78 is 0. The standard InChI is InChI=1S/C13H16N2O/c1-9-2-3-10-8-11(13(16)6-7-14)4-5-12(10)15-9/h2-5,8,13,16H,6-7,14H2,1H3/t13-/m0/s1. The molecule has 3 nitrogen and oxygen atoms in total. The third-order valence-corrected chi connectivity index (χ3v) is 2.68. The summed E-state index contributed by atoms with van der Waals surface area (Å²) in [4.78, 5) is 4.42. The van der Waals surface area contributed by atoms with Gasteiger partial charge in [-0.15, -0.1) is 0 Å². The molecule has 0 saturated carbocycles. The van der Waals surface area contributed by atoms with E-state index in [-0.39, 0.29) is 0 Å². The Balaban J connectivity index is 2.40. The Labute approximate surface area is 94.9 Å². The van der Waals surface area contributed by atoms with E-state index in [1.165, 1.54) is 0 Å². The third-order valence-electron chi connectivity index (χ3n) is 2.68. The highest BCUT2D eigenvalue weighted by Crippen LogP contribution is 2.21. The first-order valence-electron chi connectivity index (χ1n) is 5.46. The molecular formula is C13H16N2O. The lowest BCUT2D eigenvalue weighted by atomic mass is 10.0. The molecule has 0 bridgehead atoms. The van der Waals surface area contributed by atoms with Crippen molar-refractivity contribution in [2.45, 2.75) is 19.4 Å². The number of aliphatic hydroxyl groups is 1. The van der Waals surface area contributed by atoms with Crippen LogP contribution < -0.4 is 5.73 Å². The first-order valence-corrected chi connectivity index (χ1v) is 5.46. The molecule has 1 aromatic heterocycles. The monoisotopic (exact) mass is 216 g/mol. The maximum atomic E-state index is 9.83. The van der Waals surface area contributed by atoms with E-state index in [2.05, 4.69) is 4.98 Å². The molecule has 2 aromatic rings. The number of nitrogens with zero attached hydrogens (tertiary/aromatic N) is 1. The van der Waals surface area contributed by atoms with Crippen molar-refractivity contribution in [2.24, 2.45) is 5.73 Å². The molecule has 0 aliphatic carbocycles. The first-order chi connectivity index (χ1) is 7.70. The van der Waals surface area contributed by atoms with Gasteiger partial charge >= 0.3 is 0 Å². The quantitative estimate of drug-likeness (QED) is 0.824. The number of aliphatic hydroxyl groups excluding tert-OH is 1. The van der Waals surface area contributed by atoms with Crippen molar-refractivity contribution in [1.29, 1.82) is 0 Å². The minimum atomic E-state index is -0.476. The molecule has 2 rings (SSSR count). The number of fused-ring (bicyclic) bond motifs is 1. The van der Waals surface area contributed by atoms with Gasteiger partial charge in [0.2, 0.25) is 0 Å². The molecule has 0 radical (unpaired) electrons. The zero-order chi connectivity index (χ0) is 11.5. The number of hydrogen-bond acceptors (Lipinski definition) is 3. The number of aromatic nitrogens is 1. The summed E-state index contributed by atoms with van der Waals surface area (Å²) in [7, 11) is 0. The van der Waals surface area contributed by atoms with E-state index in [0.717, 1.165) is 22.2 Å². The lowest BCUT2D eigenvalue weighted by Crippen LogP contribution is -2.06. The second-order valence-electron chi connectivity index (χ2n) is 4.00. The first kappa shape index (κ1) is 11.0. The lowest BCUT2D eigenvalue weighted by molar-refractivity contribution is 0.170. The van der Waals surface area contributed by atoms with Crippen LogP contribution in [0.5, 0.6) is 0 Å². The SMILES string of the molecule is Cc1ccc2cc([C@@H](O)CCN)ccc2n1. The van der Waals surface area contributed by atoms with Crippen molar-refractivity contribution < 1.29 is 5.11 Å². The predicted molar refractivity (Wildman–Crippen MR) is 65.1 cm³/mol. The highest BCUT2D eigenvalue weighted by Gasteiger charge is 2.07. The van der Waals surface area contributed by atoms with Crippen LogP contribution in [0.15, 0.2) is 30.3 Å². The van der Waals surface area contributed by atoms with Crippen LogP contribution in [0, 0.1) is 6.92 Å². The van der Waals surface area contributed by atoms with Gasteiger partial charge in [0, 0.05) is 11.1 Å². The molecule has 1 aromatic carbocycles. The summed E-state index contributed by atoms with van der Waals surface area (Å²) >= 11 is 0. The smallest absolute Gasteiger partial charge is 0.0802 e. The average molecular weight is 216 g/mol. The van der Waals surface area contributed by atoms with Gasteiger partial charge in [-0.2, -0.15) is 0 Å². The highest BCUT2D eigenvalue weighted by atomic mass is 16.3. The number of rotatable bonds is 3. The molecule has 3 heteroatoms. The number of pyridine rings is 1. The second kappa shape index (κ2) is 4.60. The van der Waals surface area contributed by atoms with Gasteiger partial charge in [-0.3, -0.25) is 4.98 Å². The number of hydrogen-bond donors (Lipinski definition) is 2. The van der Waals surface area contributed by atoms with Crippen LogP contribution in [-0.2, 0) is 0 Å². The zero-order valence-electron chi connectivity index (χ0n) is 9.35. The van der Waals surface area contributed by atoms with Gasteiger partial charge < -0.3 is 10.8 Å². The van der Waals surface area contributed by atoms with Gasteiger partial charge in [0.1, 0.15) is 0 Å². The molecule has 84 valence electrons. The van der Waals surface area contributed by atoms with Crippen molar-refractivity contribution in [1.82, 2.24) is 4.98 Å². The van der Waals surface area contributed by atoms with Gasteiger partial charge in [-0.1, -0.05) is 12.1 Å². The van der Waals surface area contributed by atoms with E-state index in [4.69, 9.17) is 5.73 Å². The summed E-state index contributed by atoms with van der Waals surface area (Å²) in [6.45, 7) is 2.46. The topological polar surface area (TPSA) is 59.1 Å². The Hall–Kier alpha value is -1.45. The molecule has 0 fully saturated rings. The summed E-state index contributed by atoms with van der Waals surface area (Å²) in [5.41, 5.74) is 8.30. The summed E-state index contributed by atoms with van der Waals surface area (Å²) in [6.07, 6.45) is 0.112. The van der Waals surface area contributed by atoms with Gasteiger partial charge in [-0.05, 0) is 43.7 Å². The Kier molecular flexibility index (Phi) is 3.17. The van der Waals surface area contributed by atoms with Crippen molar-refractivity contribution in [2.75, 3.05) is 6.54 Å². The summed E-state index contributed by atoms with van der Waals surface area (Å²) in [5.74, 6) is 0. The fourth-order valence-electron chi connectivity index (χ4n) is 1.78. The molecule has 1 heterocycles. The van der Waals surface area contributed by atoms with Crippen molar-refractivity contribution in [3.05, 3.63) is 41.6 Å². The van der Waals surface area contributed by atoms with E-state index in [1.54, 1.807) is 0 Å². The van der Waals surface area contributed by atoms with Crippen LogP contribution in [0.2, 0.25) is 0 Å². The third kappa shape index (κ3) is 2.21. The van der Waals surface area contributed by atoms with Crippen LogP contribution in [-0.4, -0.2) is 16.6 Å². The molecule has 0 amide bonds. The maximum absolute atomic E-state index is 9.83. The number of aryl methyl sites for hydroxylation is 1. The van der Waals surface area contributed by atoms with Crippen LogP contribution in [0.3, 0.4) is 0 Å². The molecule has 0 unspecified atom stereocenters. The normalized spacial score (nSPS) is 12.9. The summed E-state index contributed by atoms with van der Waals surface area (Å²) in [6, 6.07) is 9.83. The van der Waals surface area contributed by atoms with Gasteiger partial charge in [0.05, 0.1) is 11.6 Å². The Morgan fingerprint density at radius 2 is 2.12 bits per heavy atom. The lowest BCUT2D eigenvalue weighted by Gasteiger charge is -2.10. The molecule has 0 aliphatic rings. The van der Waals surface area contributed by atoms with Gasteiger partial charge in [0.15, 0.2) is 0 Å². The molecule has 1 atom stereocenters. The number of benzene rings is 1. The molecular weight excluding hydrogens is 200 g/mol. The highest BCUT2D eigenvalue weighted by molar-refractivity contribution is 5.79.